The molecule has 0 heterocycles. The normalized spacial score (nSPS) is 13.8. The molecule has 0 fully saturated rings. The van der Waals surface area contributed by atoms with Crippen LogP contribution in [0.3, 0.4) is 0 Å². The summed E-state index contributed by atoms with van der Waals surface area (Å²) in [7, 11) is -4.29. The number of hydrogen-bond acceptors (Lipinski definition) is 7. The molecule has 0 radical (unpaired) electrons. The number of unbranched alkanes of at least 4 members (excludes halogenated alkanes) is 25. The summed E-state index contributed by atoms with van der Waals surface area (Å²) in [4.78, 5) is 22.6. The van der Waals surface area contributed by atoms with Crippen LogP contribution >= 0.6 is 7.82 Å². The molecule has 0 saturated heterocycles. The number of phosphoric ester groups is 1. The molecule has 0 bridgehead atoms. The SMILES string of the molecule is CC/C=C\C/C=C\C/C=C\C/C=C\CCCCCCCCCCCCCOCC(COP(=O)(O)OCCN)OC(=O)CCCCCCCCC/C=C\CCCCCCCCC. The molecule has 0 amide bonds. The van der Waals surface area contributed by atoms with E-state index in [1.807, 2.05) is 0 Å². The Balaban J connectivity index is 3.95. The lowest BCUT2D eigenvalue weighted by molar-refractivity contribution is -0.154. The van der Waals surface area contributed by atoms with Gasteiger partial charge in [0.2, 0.25) is 0 Å². The van der Waals surface area contributed by atoms with Crippen molar-refractivity contribution in [1.29, 1.82) is 0 Å². The third kappa shape index (κ3) is 49.1. The zero-order chi connectivity index (χ0) is 44.4. The molecule has 0 spiro atoms. The summed E-state index contributed by atoms with van der Waals surface area (Å²) >= 11 is 0. The van der Waals surface area contributed by atoms with E-state index in [2.05, 4.69) is 74.6 Å². The molecule has 9 heteroatoms. The van der Waals surface area contributed by atoms with Crippen molar-refractivity contribution in [2.75, 3.05) is 33.0 Å². The number of phosphoric acid groups is 1. The fourth-order valence-corrected chi connectivity index (χ4v) is 7.75. The van der Waals surface area contributed by atoms with Crippen LogP contribution in [-0.4, -0.2) is 49.9 Å². The van der Waals surface area contributed by atoms with Crippen LogP contribution in [0.2, 0.25) is 0 Å². The molecular weight excluding hydrogens is 782 g/mol. The summed E-state index contributed by atoms with van der Waals surface area (Å²) in [6.45, 7) is 4.82. The number of carbonyl (C=O) groups is 1. The van der Waals surface area contributed by atoms with E-state index in [1.54, 1.807) is 0 Å². The van der Waals surface area contributed by atoms with Crippen molar-refractivity contribution < 1.29 is 32.8 Å². The molecule has 3 N–H and O–H groups in total. The first-order valence-corrected chi connectivity index (χ1v) is 26.8. The van der Waals surface area contributed by atoms with Crippen molar-refractivity contribution >= 4 is 13.8 Å². The molecule has 0 aromatic rings. The first kappa shape index (κ1) is 59.2. The van der Waals surface area contributed by atoms with E-state index in [0.29, 0.717) is 13.0 Å². The van der Waals surface area contributed by atoms with Crippen LogP contribution in [0.1, 0.15) is 226 Å². The summed E-state index contributed by atoms with van der Waals surface area (Å²) in [5.74, 6) is -0.335. The van der Waals surface area contributed by atoms with Crippen LogP contribution in [0.4, 0.5) is 0 Å². The van der Waals surface area contributed by atoms with Crippen molar-refractivity contribution in [3.05, 3.63) is 60.8 Å². The molecule has 0 aromatic carbocycles. The largest absolute Gasteiger partial charge is 0.472 e. The average molecular weight is 878 g/mol. The second-order valence-electron chi connectivity index (χ2n) is 16.6. The molecule has 0 aromatic heterocycles. The van der Waals surface area contributed by atoms with E-state index in [9.17, 15) is 14.3 Å². The van der Waals surface area contributed by atoms with Gasteiger partial charge in [0, 0.05) is 19.6 Å². The number of carbonyl (C=O) groups excluding carboxylic acids is 1. The van der Waals surface area contributed by atoms with Crippen molar-refractivity contribution in [2.45, 2.75) is 232 Å². The predicted molar refractivity (Wildman–Crippen MR) is 261 cm³/mol. The maximum atomic E-state index is 12.6. The fraction of sp³-hybridized carbons (Fsp3) is 0.788. The minimum atomic E-state index is -4.29. The first-order chi connectivity index (χ1) is 29.9. The molecule has 0 aliphatic heterocycles. The van der Waals surface area contributed by atoms with Gasteiger partial charge in [-0.2, -0.15) is 0 Å². The highest BCUT2D eigenvalue weighted by Gasteiger charge is 2.25. The number of ether oxygens (including phenoxy) is 2. The number of esters is 1. The third-order valence-electron chi connectivity index (χ3n) is 10.7. The summed E-state index contributed by atoms with van der Waals surface area (Å²) in [6, 6.07) is 0. The van der Waals surface area contributed by atoms with Crippen LogP contribution in [0.15, 0.2) is 60.8 Å². The molecule has 0 saturated carbocycles. The summed E-state index contributed by atoms with van der Waals surface area (Å²) in [5, 5.41) is 0. The van der Waals surface area contributed by atoms with Gasteiger partial charge in [0.25, 0.3) is 0 Å². The molecule has 0 aliphatic rings. The quantitative estimate of drug-likeness (QED) is 0.0269. The maximum Gasteiger partial charge on any atom is 0.472 e. The Morgan fingerprint density at radius 2 is 0.918 bits per heavy atom. The van der Waals surface area contributed by atoms with Gasteiger partial charge in [-0.25, -0.2) is 4.57 Å². The number of hydrogen-bond donors (Lipinski definition) is 2. The van der Waals surface area contributed by atoms with Crippen LogP contribution in [0.5, 0.6) is 0 Å². The van der Waals surface area contributed by atoms with Crippen LogP contribution in [-0.2, 0) is 27.9 Å². The number of rotatable bonds is 48. The molecule has 0 rings (SSSR count). The Labute approximate surface area is 376 Å². The Kier molecular flexibility index (Phi) is 47.8. The van der Waals surface area contributed by atoms with Crippen molar-refractivity contribution in [3.8, 4) is 0 Å². The highest BCUT2D eigenvalue weighted by molar-refractivity contribution is 7.47. The van der Waals surface area contributed by atoms with Crippen LogP contribution < -0.4 is 5.73 Å². The Hall–Kier alpha value is -1.80. The highest BCUT2D eigenvalue weighted by Crippen LogP contribution is 2.43. The van der Waals surface area contributed by atoms with E-state index < -0.39 is 13.9 Å². The van der Waals surface area contributed by atoms with E-state index in [-0.39, 0.29) is 32.3 Å². The lowest BCUT2D eigenvalue weighted by Gasteiger charge is -2.20. The van der Waals surface area contributed by atoms with Gasteiger partial charge >= 0.3 is 13.8 Å². The average Bonchev–Trinajstić information content (AvgIpc) is 3.25. The molecule has 2 unspecified atom stereocenters. The van der Waals surface area contributed by atoms with Gasteiger partial charge in [0.1, 0.15) is 6.10 Å². The second-order valence-corrected chi connectivity index (χ2v) is 18.1. The minimum absolute atomic E-state index is 0.0976. The minimum Gasteiger partial charge on any atom is -0.457 e. The predicted octanol–water partition coefficient (Wildman–Crippen LogP) is 15.7. The van der Waals surface area contributed by atoms with Gasteiger partial charge in [-0.15, -0.1) is 0 Å². The van der Waals surface area contributed by atoms with E-state index in [0.717, 1.165) is 57.8 Å². The zero-order valence-electron chi connectivity index (χ0n) is 39.6. The lowest BCUT2D eigenvalue weighted by atomic mass is 10.1. The fourth-order valence-electron chi connectivity index (χ4n) is 6.98. The van der Waals surface area contributed by atoms with Gasteiger partial charge in [-0.05, 0) is 77.0 Å². The van der Waals surface area contributed by atoms with E-state index in [4.69, 9.17) is 24.3 Å². The van der Waals surface area contributed by atoms with Gasteiger partial charge < -0.3 is 20.1 Å². The van der Waals surface area contributed by atoms with Gasteiger partial charge in [-0.3, -0.25) is 13.8 Å². The molecule has 2 atom stereocenters. The third-order valence-corrected chi connectivity index (χ3v) is 11.7. The number of nitrogens with two attached hydrogens (primary N) is 1. The Morgan fingerprint density at radius 1 is 0.508 bits per heavy atom. The Bertz CT molecular complexity index is 1120. The monoisotopic (exact) mass is 878 g/mol. The molecule has 0 aliphatic carbocycles. The maximum absolute atomic E-state index is 12.6. The Morgan fingerprint density at radius 3 is 1.39 bits per heavy atom. The molecule has 61 heavy (non-hydrogen) atoms. The van der Waals surface area contributed by atoms with Crippen molar-refractivity contribution in [1.82, 2.24) is 0 Å². The van der Waals surface area contributed by atoms with Gasteiger partial charge in [0.05, 0.1) is 19.8 Å². The lowest BCUT2D eigenvalue weighted by Crippen LogP contribution is -2.28. The van der Waals surface area contributed by atoms with Crippen LogP contribution in [0, 0.1) is 0 Å². The topological polar surface area (TPSA) is 117 Å². The van der Waals surface area contributed by atoms with E-state index >= 15 is 0 Å². The van der Waals surface area contributed by atoms with E-state index in [1.165, 1.54) is 148 Å². The second kappa shape index (κ2) is 49.2. The smallest absolute Gasteiger partial charge is 0.457 e. The van der Waals surface area contributed by atoms with Crippen molar-refractivity contribution in [3.63, 3.8) is 0 Å². The summed E-state index contributed by atoms with van der Waals surface area (Å²) < 4.78 is 33.6. The summed E-state index contributed by atoms with van der Waals surface area (Å²) in [6.07, 6.45) is 61.1. The first-order valence-electron chi connectivity index (χ1n) is 25.3. The molecule has 8 nitrogen and oxygen atoms in total. The van der Waals surface area contributed by atoms with Crippen LogP contribution in [0.25, 0.3) is 0 Å². The zero-order valence-corrected chi connectivity index (χ0v) is 40.5. The molecular formula is C52H96NO7P. The van der Waals surface area contributed by atoms with Gasteiger partial charge in [-0.1, -0.05) is 203 Å². The van der Waals surface area contributed by atoms with Crippen molar-refractivity contribution in [2.24, 2.45) is 5.73 Å². The standard InChI is InChI=1S/C52H96NO7P/c1-3-5-7-9-11-13-15-17-19-21-23-24-25-26-27-28-30-32-34-36-38-40-42-44-47-57-49-51(50-59-61(55,56)58-48-46-53)60-52(54)45-43-41-39-37-35-33-31-29-22-20-18-16-14-12-10-8-6-4-2/h5,7,11,13,17,19-20,22-24,51H,3-4,6,8-10,12,14-16,18,21,25-50,53H2,1-2H3,(H,55,56)/b7-5-,13-11-,19-17-,22-20-,24-23-. The highest BCUT2D eigenvalue weighted by atomic mass is 31.2. The van der Waals surface area contributed by atoms with Gasteiger partial charge in [0.15, 0.2) is 0 Å². The molecule has 356 valence electrons. The summed E-state index contributed by atoms with van der Waals surface area (Å²) in [5.41, 5.74) is 5.39. The number of allylic oxidation sites excluding steroid dienone is 10.